The zero-order valence-electron chi connectivity index (χ0n) is 25.7. The van der Waals surface area contributed by atoms with Crippen LogP contribution in [0.25, 0.3) is 0 Å². The van der Waals surface area contributed by atoms with Gasteiger partial charge in [-0.05, 0) is 67.6 Å². The summed E-state index contributed by atoms with van der Waals surface area (Å²) >= 11 is 7.85. The van der Waals surface area contributed by atoms with Gasteiger partial charge in [0.1, 0.15) is 17.5 Å². The van der Waals surface area contributed by atoms with E-state index < -0.39 is 6.04 Å². The molecule has 1 atom stereocenters. The number of ether oxygens (including phenoxy) is 2. The molecule has 1 saturated heterocycles. The Morgan fingerprint density at radius 1 is 1.02 bits per heavy atom. The van der Waals surface area contributed by atoms with Crippen molar-refractivity contribution in [3.8, 4) is 11.5 Å². The largest absolute Gasteiger partial charge is 0.495 e. The number of likely N-dealkylation sites (tertiary alicyclic amines) is 1. The molecule has 3 heterocycles. The van der Waals surface area contributed by atoms with Crippen LogP contribution in [0.4, 0.5) is 11.6 Å². The lowest BCUT2D eigenvalue weighted by atomic mass is 9.95. The zero-order chi connectivity index (χ0) is 32.0. The molecule has 0 radical (unpaired) electrons. The van der Waals surface area contributed by atoms with Crippen LogP contribution in [0.1, 0.15) is 43.4 Å². The van der Waals surface area contributed by atoms with Gasteiger partial charge in [0.25, 0.3) is 11.8 Å². The molecular weight excluding hydrogens is 624 g/mol. The van der Waals surface area contributed by atoms with Crippen molar-refractivity contribution >= 4 is 46.8 Å². The van der Waals surface area contributed by atoms with Crippen LogP contribution in [0.15, 0.2) is 89.2 Å². The highest BCUT2D eigenvalue weighted by molar-refractivity contribution is 7.98. The maximum atomic E-state index is 14.0. The molecule has 1 aromatic heterocycles. The van der Waals surface area contributed by atoms with Gasteiger partial charge in [0.2, 0.25) is 11.1 Å². The molecule has 0 saturated carbocycles. The van der Waals surface area contributed by atoms with Crippen molar-refractivity contribution in [2.24, 2.45) is 0 Å². The van der Waals surface area contributed by atoms with Crippen molar-refractivity contribution in [1.82, 2.24) is 19.7 Å². The molecule has 0 bridgehead atoms. The standard InChI is InChI=1S/C34H35ClN6O4S/c1-22-30(32(43)37-27-12-6-7-13-28(27)44-2)31(23-14-16-25(17-15-23)45-20-29(42)40-18-8-3-9-19-40)41-33(36-22)38-34(39-41)46-21-24-10-4-5-11-26(24)35/h4-7,10-17,31H,3,8-9,18-21H2,1-2H3,(H,37,43)(H,36,38,39). The Bertz CT molecular complexity index is 1750. The molecule has 2 aliphatic heterocycles. The van der Waals surface area contributed by atoms with Crippen molar-refractivity contribution in [1.29, 1.82) is 0 Å². The molecule has 6 rings (SSSR count). The van der Waals surface area contributed by atoms with Crippen molar-refractivity contribution in [2.45, 2.75) is 43.1 Å². The third-order valence-corrected chi connectivity index (χ3v) is 9.27. The molecule has 0 spiro atoms. The molecule has 12 heteroatoms. The summed E-state index contributed by atoms with van der Waals surface area (Å²) in [6, 6.07) is 21.8. The van der Waals surface area contributed by atoms with Gasteiger partial charge >= 0.3 is 0 Å². The van der Waals surface area contributed by atoms with Gasteiger partial charge < -0.3 is 25.0 Å². The molecule has 0 aliphatic carbocycles. The lowest BCUT2D eigenvalue weighted by Gasteiger charge is -2.29. The van der Waals surface area contributed by atoms with Crippen LogP contribution in [-0.4, -0.2) is 58.3 Å². The minimum Gasteiger partial charge on any atom is -0.495 e. The lowest BCUT2D eigenvalue weighted by Crippen LogP contribution is -2.38. The van der Waals surface area contributed by atoms with E-state index in [1.54, 1.807) is 23.9 Å². The number of aromatic nitrogens is 3. The van der Waals surface area contributed by atoms with Crippen molar-refractivity contribution in [2.75, 3.05) is 37.4 Å². The number of nitrogens with one attached hydrogen (secondary N) is 2. The number of amides is 2. The molecular formula is C34H35ClN6O4S. The minimum absolute atomic E-state index is 0.00920. The van der Waals surface area contributed by atoms with E-state index in [2.05, 4.69) is 10.6 Å². The van der Waals surface area contributed by atoms with Crippen molar-refractivity contribution in [3.05, 3.63) is 100 Å². The molecule has 3 aromatic carbocycles. The van der Waals surface area contributed by atoms with Gasteiger partial charge in [-0.25, -0.2) is 4.68 Å². The number of allylic oxidation sites excluding steroid dienone is 1. The third-order valence-electron chi connectivity index (χ3n) is 8.01. The van der Waals surface area contributed by atoms with Crippen molar-refractivity contribution in [3.63, 3.8) is 0 Å². The summed E-state index contributed by atoms with van der Waals surface area (Å²) in [6.45, 7) is 3.39. The Hall–Kier alpha value is -4.48. The van der Waals surface area contributed by atoms with Gasteiger partial charge in [0.05, 0.1) is 18.4 Å². The first-order valence-electron chi connectivity index (χ1n) is 15.2. The number of methoxy groups -OCH3 is 1. The number of fused-ring (bicyclic) bond motifs is 1. The highest BCUT2D eigenvalue weighted by Crippen LogP contribution is 2.38. The normalized spacial score (nSPS) is 16.0. The molecule has 238 valence electrons. The number of piperidine rings is 1. The Labute approximate surface area is 277 Å². The van der Waals surface area contributed by atoms with E-state index in [-0.39, 0.29) is 18.4 Å². The highest BCUT2D eigenvalue weighted by Gasteiger charge is 2.35. The van der Waals surface area contributed by atoms with Crippen LogP contribution in [0.5, 0.6) is 11.5 Å². The van der Waals surface area contributed by atoms with Crippen LogP contribution in [-0.2, 0) is 15.3 Å². The van der Waals surface area contributed by atoms with E-state index >= 15 is 0 Å². The van der Waals surface area contributed by atoms with Crippen LogP contribution in [0.3, 0.4) is 0 Å². The van der Waals surface area contributed by atoms with E-state index in [9.17, 15) is 9.59 Å². The summed E-state index contributed by atoms with van der Waals surface area (Å²) in [4.78, 5) is 33.2. The lowest BCUT2D eigenvalue weighted by molar-refractivity contribution is -0.134. The van der Waals surface area contributed by atoms with Crippen LogP contribution in [0.2, 0.25) is 5.02 Å². The Balaban J connectivity index is 1.27. The average molecular weight is 659 g/mol. The van der Waals surface area contributed by atoms with E-state index in [0.29, 0.717) is 50.3 Å². The number of anilines is 2. The summed E-state index contributed by atoms with van der Waals surface area (Å²) in [6.07, 6.45) is 3.22. The number of benzene rings is 3. The Morgan fingerprint density at radius 2 is 1.76 bits per heavy atom. The summed E-state index contributed by atoms with van der Waals surface area (Å²) < 4.78 is 13.1. The van der Waals surface area contributed by atoms with Gasteiger partial charge in [-0.15, -0.1) is 5.10 Å². The Kier molecular flexibility index (Phi) is 9.79. The predicted octanol–water partition coefficient (Wildman–Crippen LogP) is 6.55. The van der Waals surface area contributed by atoms with E-state index in [0.717, 1.165) is 43.5 Å². The second-order valence-electron chi connectivity index (χ2n) is 11.1. The van der Waals surface area contributed by atoms with Gasteiger partial charge in [-0.2, -0.15) is 4.98 Å². The second kappa shape index (κ2) is 14.3. The molecule has 46 heavy (non-hydrogen) atoms. The molecule has 4 aromatic rings. The number of carbonyl (C=O) groups excluding carboxylic acids is 2. The van der Waals surface area contributed by atoms with Crippen LogP contribution < -0.4 is 20.1 Å². The van der Waals surface area contributed by atoms with E-state index in [1.807, 2.05) is 72.5 Å². The number of rotatable bonds is 10. The highest BCUT2D eigenvalue weighted by atomic mass is 35.5. The summed E-state index contributed by atoms with van der Waals surface area (Å²) in [7, 11) is 1.56. The number of para-hydroxylation sites is 2. The quantitative estimate of drug-likeness (QED) is 0.185. The van der Waals surface area contributed by atoms with Gasteiger partial charge in [0.15, 0.2) is 6.61 Å². The molecule has 1 unspecified atom stereocenters. The fourth-order valence-electron chi connectivity index (χ4n) is 5.62. The molecule has 10 nitrogen and oxygen atoms in total. The maximum absolute atomic E-state index is 14.0. The van der Waals surface area contributed by atoms with Crippen LogP contribution >= 0.6 is 23.4 Å². The first-order chi connectivity index (χ1) is 22.4. The number of thioether (sulfide) groups is 1. The maximum Gasteiger partial charge on any atom is 0.260 e. The number of halogens is 1. The first kappa shape index (κ1) is 31.5. The fraction of sp³-hybridized carbons (Fsp3) is 0.294. The summed E-state index contributed by atoms with van der Waals surface area (Å²) in [5, 5.41) is 12.4. The number of carbonyl (C=O) groups is 2. The number of hydrogen-bond donors (Lipinski definition) is 2. The second-order valence-corrected chi connectivity index (χ2v) is 12.4. The molecule has 1 fully saturated rings. The monoisotopic (exact) mass is 658 g/mol. The van der Waals surface area contributed by atoms with Gasteiger partial charge in [0, 0.05) is 29.6 Å². The third kappa shape index (κ3) is 7.00. The van der Waals surface area contributed by atoms with E-state index in [1.165, 1.54) is 11.8 Å². The molecule has 2 N–H and O–H groups in total. The topological polar surface area (TPSA) is 111 Å². The van der Waals surface area contributed by atoms with Gasteiger partial charge in [-0.3, -0.25) is 9.59 Å². The predicted molar refractivity (Wildman–Crippen MR) is 179 cm³/mol. The summed E-state index contributed by atoms with van der Waals surface area (Å²) in [5.74, 6) is 1.91. The zero-order valence-corrected chi connectivity index (χ0v) is 27.2. The van der Waals surface area contributed by atoms with Crippen molar-refractivity contribution < 1.29 is 19.1 Å². The SMILES string of the molecule is COc1ccccc1NC(=O)C1=C(C)Nc2nc(SCc3ccccc3Cl)nn2C1c1ccc(OCC(=O)N2CCCCC2)cc1. The first-order valence-corrected chi connectivity index (χ1v) is 16.5. The fourth-order valence-corrected chi connectivity index (χ4v) is 6.73. The van der Waals surface area contributed by atoms with Crippen LogP contribution in [0, 0.1) is 0 Å². The summed E-state index contributed by atoms with van der Waals surface area (Å²) in [5.41, 5.74) is 3.45. The number of hydrogen-bond acceptors (Lipinski definition) is 8. The minimum atomic E-state index is -0.600. The molecule has 2 aliphatic rings. The number of nitrogens with zero attached hydrogens (tertiary/aromatic N) is 4. The smallest absolute Gasteiger partial charge is 0.260 e. The van der Waals surface area contributed by atoms with E-state index in [4.69, 9.17) is 31.2 Å². The Morgan fingerprint density at radius 3 is 2.52 bits per heavy atom. The molecule has 2 amide bonds. The average Bonchev–Trinajstić information content (AvgIpc) is 3.49. The van der Waals surface area contributed by atoms with Gasteiger partial charge in [-0.1, -0.05) is 65.8 Å².